The van der Waals surface area contributed by atoms with Crippen LogP contribution in [0.25, 0.3) is 0 Å². The van der Waals surface area contributed by atoms with E-state index in [-0.39, 0.29) is 11.5 Å². The van der Waals surface area contributed by atoms with Crippen LogP contribution in [-0.2, 0) is 0 Å². The zero-order chi connectivity index (χ0) is 12.3. The summed E-state index contributed by atoms with van der Waals surface area (Å²) in [7, 11) is 0. The molecular weight excluding hydrogens is 232 g/mol. The maximum absolute atomic E-state index is 10.3. The van der Waals surface area contributed by atoms with Crippen molar-refractivity contribution in [2.75, 3.05) is 0 Å². The van der Waals surface area contributed by atoms with E-state index in [0.717, 1.165) is 19.3 Å². The number of halogens is 1. The Hall–Kier alpha value is -0.0100. The summed E-state index contributed by atoms with van der Waals surface area (Å²) in [6, 6.07) is 0. The highest BCUT2D eigenvalue weighted by Gasteiger charge is 2.40. The van der Waals surface area contributed by atoms with Gasteiger partial charge in [-0.25, -0.2) is 0 Å². The minimum Gasteiger partial charge on any atom is -0.392 e. The number of allylic oxidation sites excluding steroid dienone is 1. The quantitative estimate of drug-likeness (QED) is 0.575. The van der Waals surface area contributed by atoms with Crippen molar-refractivity contribution >= 4 is 11.6 Å². The van der Waals surface area contributed by atoms with Gasteiger partial charge >= 0.3 is 0 Å². The Morgan fingerprint density at radius 3 is 2.59 bits per heavy atom. The molecule has 3 atom stereocenters. The van der Waals surface area contributed by atoms with Gasteiger partial charge in [0.05, 0.1) is 6.10 Å². The number of alkyl halides is 1. The molecule has 0 aromatic rings. The number of rotatable bonds is 5. The van der Waals surface area contributed by atoms with Crippen LogP contribution in [-0.4, -0.2) is 16.6 Å². The third-order valence-corrected chi connectivity index (χ3v) is 5.53. The van der Waals surface area contributed by atoms with Crippen LogP contribution in [0, 0.1) is 11.3 Å². The molecule has 0 aromatic carbocycles. The average molecular weight is 257 g/mol. The lowest BCUT2D eigenvalue weighted by Crippen LogP contribution is -2.40. The Labute approximate surface area is 110 Å². The molecule has 2 saturated carbocycles. The van der Waals surface area contributed by atoms with Crippen molar-refractivity contribution in [1.82, 2.24) is 0 Å². The first-order chi connectivity index (χ1) is 8.18. The second kappa shape index (κ2) is 5.75. The maximum Gasteiger partial charge on any atom is 0.0630 e. The van der Waals surface area contributed by atoms with Gasteiger partial charge in [0.2, 0.25) is 0 Å². The van der Waals surface area contributed by atoms with Gasteiger partial charge in [-0.15, -0.1) is 11.6 Å². The van der Waals surface area contributed by atoms with Crippen LogP contribution >= 0.6 is 11.6 Å². The molecule has 2 rings (SSSR count). The zero-order valence-corrected chi connectivity index (χ0v) is 11.6. The molecule has 2 heteroatoms. The van der Waals surface area contributed by atoms with Crippen molar-refractivity contribution < 1.29 is 5.11 Å². The highest BCUT2D eigenvalue weighted by Crippen LogP contribution is 2.47. The second-order valence-electron chi connectivity index (χ2n) is 5.86. The highest BCUT2D eigenvalue weighted by atomic mass is 35.5. The molecule has 0 aromatic heterocycles. The molecule has 2 fully saturated rings. The molecule has 1 nitrogen and oxygen atoms in total. The summed E-state index contributed by atoms with van der Waals surface area (Å²) in [5.41, 5.74) is 0.236. The third kappa shape index (κ3) is 2.88. The number of hydrogen-bond donors (Lipinski definition) is 1. The minimum atomic E-state index is -0.146. The average Bonchev–Trinajstić information content (AvgIpc) is 2.64. The Morgan fingerprint density at radius 2 is 2.12 bits per heavy atom. The molecule has 17 heavy (non-hydrogen) atoms. The molecule has 0 radical (unpaired) electrons. The van der Waals surface area contributed by atoms with Crippen LogP contribution in [0.2, 0.25) is 0 Å². The van der Waals surface area contributed by atoms with Crippen molar-refractivity contribution in [2.24, 2.45) is 11.3 Å². The second-order valence-corrected chi connectivity index (χ2v) is 6.42. The minimum absolute atomic E-state index is 0.146. The van der Waals surface area contributed by atoms with Crippen LogP contribution in [0.3, 0.4) is 0 Å². The Bertz CT molecular complexity index is 265. The SMILES string of the molecule is CCC1(C(O)C/C=C/[C@@H]2CCC[C@@H]2Cl)CCC1. The van der Waals surface area contributed by atoms with Crippen LogP contribution in [0.1, 0.15) is 58.3 Å². The lowest BCUT2D eigenvalue weighted by molar-refractivity contribution is -0.0355. The standard InChI is InChI=1S/C15H25ClO/c1-2-15(10-5-11-15)14(17)9-4-7-12-6-3-8-13(12)16/h4,7,12-14,17H,2-3,5-6,8-11H2,1H3/b7-4+/t12-,13-,14?/m0/s1. The maximum atomic E-state index is 10.3. The van der Waals surface area contributed by atoms with Gasteiger partial charge in [-0.1, -0.05) is 31.9 Å². The molecule has 0 saturated heterocycles. The molecule has 98 valence electrons. The predicted molar refractivity (Wildman–Crippen MR) is 73.3 cm³/mol. The summed E-state index contributed by atoms with van der Waals surface area (Å²) in [4.78, 5) is 0. The van der Waals surface area contributed by atoms with Crippen molar-refractivity contribution in [3.05, 3.63) is 12.2 Å². The van der Waals surface area contributed by atoms with Crippen LogP contribution in [0.15, 0.2) is 12.2 Å². The summed E-state index contributed by atoms with van der Waals surface area (Å²) >= 11 is 6.24. The van der Waals surface area contributed by atoms with E-state index in [9.17, 15) is 5.11 Å². The van der Waals surface area contributed by atoms with E-state index < -0.39 is 0 Å². The zero-order valence-electron chi connectivity index (χ0n) is 10.9. The van der Waals surface area contributed by atoms with Gasteiger partial charge < -0.3 is 5.11 Å². The van der Waals surface area contributed by atoms with E-state index >= 15 is 0 Å². The summed E-state index contributed by atoms with van der Waals surface area (Å²) in [5, 5.41) is 10.6. The smallest absolute Gasteiger partial charge is 0.0630 e. The van der Waals surface area contributed by atoms with Crippen LogP contribution < -0.4 is 0 Å². The number of aliphatic hydroxyl groups excluding tert-OH is 1. The van der Waals surface area contributed by atoms with Gasteiger partial charge in [0, 0.05) is 5.38 Å². The first-order valence-corrected chi connectivity index (χ1v) is 7.60. The molecule has 0 bridgehead atoms. The summed E-state index contributed by atoms with van der Waals surface area (Å²) in [6.07, 6.45) is 13.5. The third-order valence-electron chi connectivity index (χ3n) is 4.98. The Kier molecular flexibility index (Phi) is 4.54. The molecule has 2 aliphatic carbocycles. The van der Waals surface area contributed by atoms with Crippen LogP contribution in [0.5, 0.6) is 0 Å². The molecule has 0 aliphatic heterocycles. The monoisotopic (exact) mass is 256 g/mol. The van der Waals surface area contributed by atoms with E-state index in [4.69, 9.17) is 11.6 Å². The molecule has 1 unspecified atom stereocenters. The largest absolute Gasteiger partial charge is 0.392 e. The van der Waals surface area contributed by atoms with Gasteiger partial charge in [-0.2, -0.15) is 0 Å². The lowest BCUT2D eigenvalue weighted by Gasteiger charge is -2.45. The van der Waals surface area contributed by atoms with E-state index in [0.29, 0.717) is 11.3 Å². The summed E-state index contributed by atoms with van der Waals surface area (Å²) in [5.74, 6) is 0.544. The van der Waals surface area contributed by atoms with E-state index in [1.54, 1.807) is 0 Å². The molecule has 0 spiro atoms. The van der Waals surface area contributed by atoms with Crippen molar-refractivity contribution in [3.63, 3.8) is 0 Å². The van der Waals surface area contributed by atoms with E-state index in [1.165, 1.54) is 32.1 Å². The number of hydrogen-bond acceptors (Lipinski definition) is 1. The summed E-state index contributed by atoms with van der Waals surface area (Å²) < 4.78 is 0. The van der Waals surface area contributed by atoms with Crippen molar-refractivity contribution in [3.8, 4) is 0 Å². The fourth-order valence-corrected chi connectivity index (χ4v) is 3.71. The Morgan fingerprint density at radius 1 is 1.35 bits per heavy atom. The molecule has 2 aliphatic rings. The molecule has 0 amide bonds. The highest BCUT2D eigenvalue weighted by molar-refractivity contribution is 6.21. The Balaban J connectivity index is 1.79. The topological polar surface area (TPSA) is 20.2 Å². The van der Waals surface area contributed by atoms with Crippen LogP contribution in [0.4, 0.5) is 0 Å². The molecular formula is C15H25ClO. The van der Waals surface area contributed by atoms with E-state index in [2.05, 4.69) is 19.1 Å². The van der Waals surface area contributed by atoms with Crippen molar-refractivity contribution in [1.29, 1.82) is 0 Å². The fraction of sp³-hybridized carbons (Fsp3) is 0.867. The fourth-order valence-electron chi connectivity index (χ4n) is 3.35. The predicted octanol–water partition coefficient (Wildman–Crippen LogP) is 4.28. The normalized spacial score (nSPS) is 33.8. The molecule has 1 N–H and O–H groups in total. The van der Waals surface area contributed by atoms with E-state index in [1.807, 2.05) is 0 Å². The van der Waals surface area contributed by atoms with Crippen molar-refractivity contribution in [2.45, 2.75) is 69.8 Å². The lowest BCUT2D eigenvalue weighted by atomic mass is 9.63. The van der Waals surface area contributed by atoms with Gasteiger partial charge in [-0.05, 0) is 49.9 Å². The van der Waals surface area contributed by atoms with Gasteiger partial charge in [0.1, 0.15) is 0 Å². The number of aliphatic hydroxyl groups is 1. The first kappa shape index (κ1) is 13.4. The summed E-state index contributed by atoms with van der Waals surface area (Å²) in [6.45, 7) is 2.21. The van der Waals surface area contributed by atoms with Gasteiger partial charge in [0.15, 0.2) is 0 Å². The molecule has 0 heterocycles. The van der Waals surface area contributed by atoms with Gasteiger partial charge in [-0.3, -0.25) is 0 Å². The first-order valence-electron chi connectivity index (χ1n) is 7.17. The van der Waals surface area contributed by atoms with Gasteiger partial charge in [0.25, 0.3) is 0 Å².